The van der Waals surface area contributed by atoms with Crippen LogP contribution >= 0.6 is 0 Å². The summed E-state index contributed by atoms with van der Waals surface area (Å²) in [5, 5.41) is 31.5. The van der Waals surface area contributed by atoms with Gasteiger partial charge in [0.1, 0.15) is 17.0 Å². The Morgan fingerprint density at radius 3 is 2.52 bits per heavy atom. The summed E-state index contributed by atoms with van der Waals surface area (Å²) in [6.07, 6.45) is -0.761. The minimum atomic E-state index is -3.06. The van der Waals surface area contributed by atoms with Gasteiger partial charge >= 0.3 is 0 Å². The fourth-order valence-electron chi connectivity index (χ4n) is 2.74. The van der Waals surface area contributed by atoms with Gasteiger partial charge in [-0.15, -0.1) is 5.10 Å². The number of benzene rings is 1. The molecule has 0 saturated heterocycles. The van der Waals surface area contributed by atoms with E-state index >= 15 is 0 Å². The van der Waals surface area contributed by atoms with Crippen molar-refractivity contribution in [1.29, 1.82) is 0 Å². The highest BCUT2D eigenvalue weighted by Crippen LogP contribution is 2.27. The molecule has 166 valence electrons. The third-order valence-corrected chi connectivity index (χ3v) is 4.93. The SMILES string of the molecule is Cc1cc(Nc2ncc(F)c(C(F)F)n2)cc(-c2cn(C[C@](C)(O)C(C)(C)O)nn2)c1. The molecule has 0 fully saturated rings. The van der Waals surface area contributed by atoms with Crippen molar-refractivity contribution < 1.29 is 23.4 Å². The van der Waals surface area contributed by atoms with Crippen LogP contribution < -0.4 is 5.32 Å². The molecule has 0 saturated carbocycles. The Kier molecular flexibility index (Phi) is 6.01. The lowest BCUT2D eigenvalue weighted by Crippen LogP contribution is -2.50. The summed E-state index contributed by atoms with van der Waals surface area (Å²) in [4.78, 5) is 7.24. The van der Waals surface area contributed by atoms with E-state index in [2.05, 4.69) is 25.6 Å². The number of rotatable bonds is 7. The molecule has 0 aliphatic heterocycles. The predicted molar refractivity (Wildman–Crippen MR) is 107 cm³/mol. The molecular formula is C20H23F3N6O2. The molecule has 2 aromatic heterocycles. The molecule has 0 aliphatic carbocycles. The zero-order chi connectivity index (χ0) is 23.0. The summed E-state index contributed by atoms with van der Waals surface area (Å²) in [5.41, 5.74) is -1.31. The van der Waals surface area contributed by atoms with Gasteiger partial charge in [-0.3, -0.25) is 0 Å². The molecule has 0 bridgehead atoms. The van der Waals surface area contributed by atoms with Gasteiger partial charge in [0.2, 0.25) is 5.95 Å². The molecule has 3 N–H and O–H groups in total. The zero-order valence-corrected chi connectivity index (χ0v) is 17.4. The van der Waals surface area contributed by atoms with Crippen LogP contribution in [0.4, 0.5) is 24.8 Å². The molecule has 11 heteroatoms. The highest BCUT2D eigenvalue weighted by Gasteiger charge is 2.38. The van der Waals surface area contributed by atoms with Gasteiger partial charge < -0.3 is 15.5 Å². The number of anilines is 2. The van der Waals surface area contributed by atoms with E-state index < -0.39 is 29.1 Å². The van der Waals surface area contributed by atoms with Gasteiger partial charge in [0.05, 0.1) is 24.5 Å². The standard InChI is InChI=1S/C20H23F3N6O2/c1-11-5-12(15-9-29(28-27-15)10-20(4,31)19(2,3)30)7-13(6-11)25-18-24-8-14(21)16(26-18)17(22)23/h5-9,17,30-31H,10H2,1-4H3,(H,24,25,26)/t20-/m0/s1. The van der Waals surface area contributed by atoms with Crippen LogP contribution in [0.5, 0.6) is 0 Å². The van der Waals surface area contributed by atoms with Gasteiger partial charge in [-0.2, -0.15) is 0 Å². The monoisotopic (exact) mass is 436 g/mol. The van der Waals surface area contributed by atoms with Gasteiger partial charge in [0, 0.05) is 11.3 Å². The third kappa shape index (κ3) is 5.17. The fraction of sp³-hybridized carbons (Fsp3) is 0.400. The van der Waals surface area contributed by atoms with Gasteiger partial charge in [0.25, 0.3) is 6.43 Å². The summed E-state index contributed by atoms with van der Waals surface area (Å²) in [5.74, 6) is -1.35. The first kappa shape index (κ1) is 22.6. The van der Waals surface area contributed by atoms with E-state index in [9.17, 15) is 23.4 Å². The van der Waals surface area contributed by atoms with Crippen molar-refractivity contribution in [2.24, 2.45) is 0 Å². The van der Waals surface area contributed by atoms with Crippen LogP contribution in [0, 0.1) is 12.7 Å². The van der Waals surface area contributed by atoms with E-state index in [1.54, 1.807) is 18.3 Å². The molecule has 2 heterocycles. The molecule has 0 aliphatic rings. The number of alkyl halides is 2. The van der Waals surface area contributed by atoms with Crippen LogP contribution in [-0.4, -0.2) is 46.4 Å². The van der Waals surface area contributed by atoms with Crippen molar-refractivity contribution >= 4 is 11.6 Å². The van der Waals surface area contributed by atoms with Crippen molar-refractivity contribution in [2.75, 3.05) is 5.32 Å². The van der Waals surface area contributed by atoms with Gasteiger partial charge in [-0.05, 0) is 51.5 Å². The number of hydrogen-bond acceptors (Lipinski definition) is 7. The maximum absolute atomic E-state index is 13.4. The molecule has 3 aromatic rings. The number of nitrogens with zero attached hydrogens (tertiary/aromatic N) is 5. The van der Waals surface area contributed by atoms with Crippen molar-refractivity contribution in [3.63, 3.8) is 0 Å². The fourth-order valence-corrected chi connectivity index (χ4v) is 2.74. The third-order valence-electron chi connectivity index (χ3n) is 4.93. The molecule has 31 heavy (non-hydrogen) atoms. The molecule has 1 aromatic carbocycles. The Hall–Kier alpha value is -3.05. The van der Waals surface area contributed by atoms with Gasteiger partial charge in [0.15, 0.2) is 5.82 Å². The maximum Gasteiger partial charge on any atom is 0.283 e. The summed E-state index contributed by atoms with van der Waals surface area (Å²) in [6, 6.07) is 5.26. The van der Waals surface area contributed by atoms with E-state index in [0.29, 0.717) is 23.1 Å². The normalized spacial score (nSPS) is 14.0. The summed E-state index contributed by atoms with van der Waals surface area (Å²) in [6.45, 7) is 6.34. The average molecular weight is 436 g/mol. The Morgan fingerprint density at radius 2 is 1.87 bits per heavy atom. The van der Waals surface area contributed by atoms with Crippen molar-refractivity contribution in [1.82, 2.24) is 25.0 Å². The maximum atomic E-state index is 13.4. The van der Waals surface area contributed by atoms with Crippen molar-refractivity contribution in [3.05, 3.63) is 47.7 Å². The lowest BCUT2D eigenvalue weighted by molar-refractivity contribution is -0.129. The summed E-state index contributed by atoms with van der Waals surface area (Å²) >= 11 is 0. The van der Waals surface area contributed by atoms with Crippen LogP contribution in [0.2, 0.25) is 0 Å². The summed E-state index contributed by atoms with van der Waals surface area (Å²) < 4.78 is 40.6. The molecule has 1 atom stereocenters. The lowest BCUT2D eigenvalue weighted by atomic mass is 9.88. The van der Waals surface area contributed by atoms with E-state index in [1.807, 2.05) is 13.0 Å². The second-order valence-electron chi connectivity index (χ2n) is 8.07. The Morgan fingerprint density at radius 1 is 1.16 bits per heavy atom. The highest BCUT2D eigenvalue weighted by atomic mass is 19.3. The minimum Gasteiger partial charge on any atom is -0.387 e. The van der Waals surface area contributed by atoms with Crippen LogP contribution in [0.1, 0.15) is 38.5 Å². The number of halogens is 3. The average Bonchev–Trinajstić information content (AvgIpc) is 3.09. The molecule has 8 nitrogen and oxygen atoms in total. The first-order valence-corrected chi connectivity index (χ1v) is 9.40. The second kappa shape index (κ2) is 8.23. The largest absolute Gasteiger partial charge is 0.387 e. The Balaban J connectivity index is 1.86. The van der Waals surface area contributed by atoms with E-state index in [1.165, 1.54) is 25.5 Å². The number of aromatic nitrogens is 5. The number of nitrogens with one attached hydrogen (secondary N) is 1. The quantitative estimate of drug-likeness (QED) is 0.521. The topological polar surface area (TPSA) is 109 Å². The van der Waals surface area contributed by atoms with Gasteiger partial charge in [-0.25, -0.2) is 27.8 Å². The van der Waals surface area contributed by atoms with E-state index in [-0.39, 0.29) is 12.5 Å². The minimum absolute atomic E-state index is 0.0141. The smallest absolute Gasteiger partial charge is 0.283 e. The molecule has 0 unspecified atom stereocenters. The van der Waals surface area contributed by atoms with Crippen LogP contribution in [0.15, 0.2) is 30.6 Å². The second-order valence-corrected chi connectivity index (χ2v) is 8.07. The van der Waals surface area contributed by atoms with E-state index in [0.717, 1.165) is 5.56 Å². The molecule has 3 rings (SSSR count). The van der Waals surface area contributed by atoms with Crippen molar-refractivity contribution in [3.8, 4) is 11.3 Å². The Labute approximate surface area is 176 Å². The first-order chi connectivity index (χ1) is 14.4. The highest BCUT2D eigenvalue weighted by molar-refractivity contribution is 5.68. The van der Waals surface area contributed by atoms with Crippen LogP contribution in [0.25, 0.3) is 11.3 Å². The van der Waals surface area contributed by atoms with Crippen molar-refractivity contribution in [2.45, 2.75) is 51.9 Å². The van der Waals surface area contributed by atoms with Gasteiger partial charge in [-0.1, -0.05) is 5.21 Å². The predicted octanol–water partition coefficient (Wildman–Crippen LogP) is 3.39. The Bertz CT molecular complexity index is 1080. The molecular weight excluding hydrogens is 413 g/mol. The zero-order valence-electron chi connectivity index (χ0n) is 17.4. The van der Waals surface area contributed by atoms with Crippen LogP contribution in [-0.2, 0) is 6.54 Å². The van der Waals surface area contributed by atoms with E-state index in [4.69, 9.17) is 0 Å². The lowest BCUT2D eigenvalue weighted by Gasteiger charge is -2.35. The number of hydrogen-bond donors (Lipinski definition) is 3. The number of aryl methyl sites for hydroxylation is 1. The summed E-state index contributed by atoms with van der Waals surface area (Å²) in [7, 11) is 0. The van der Waals surface area contributed by atoms with Crippen LogP contribution in [0.3, 0.4) is 0 Å². The first-order valence-electron chi connectivity index (χ1n) is 9.40. The molecule has 0 amide bonds. The molecule has 0 spiro atoms. The number of aliphatic hydroxyl groups is 2. The molecule has 0 radical (unpaired) electrons.